The minimum absolute atomic E-state index is 0.218. The van der Waals surface area contributed by atoms with Gasteiger partial charge in [-0.2, -0.15) is 0 Å². The van der Waals surface area contributed by atoms with Crippen molar-refractivity contribution in [1.29, 1.82) is 0 Å². The Bertz CT molecular complexity index is 324. The lowest BCUT2D eigenvalue weighted by atomic mass is 10.2. The Labute approximate surface area is 98.0 Å². The summed E-state index contributed by atoms with van der Waals surface area (Å²) in [5.74, 6) is 0.928. The maximum absolute atomic E-state index is 5.63. The van der Waals surface area contributed by atoms with Crippen LogP contribution in [0.5, 0.6) is 5.75 Å². The lowest BCUT2D eigenvalue weighted by Gasteiger charge is -2.13. The van der Waals surface area contributed by atoms with Gasteiger partial charge in [0.25, 0.3) is 0 Å². The van der Waals surface area contributed by atoms with Crippen molar-refractivity contribution in [2.24, 2.45) is 5.73 Å². The molecule has 0 fully saturated rings. The molecular formula is C13H22N2O. The molecule has 16 heavy (non-hydrogen) atoms. The van der Waals surface area contributed by atoms with E-state index in [4.69, 9.17) is 10.5 Å². The van der Waals surface area contributed by atoms with Crippen LogP contribution in [0.2, 0.25) is 0 Å². The maximum atomic E-state index is 5.63. The highest BCUT2D eigenvalue weighted by molar-refractivity contribution is 5.53. The zero-order valence-electron chi connectivity index (χ0n) is 10.4. The molecule has 0 aliphatic heterocycles. The second kappa shape index (κ2) is 6.38. The monoisotopic (exact) mass is 222 g/mol. The third-order valence-corrected chi connectivity index (χ3v) is 2.27. The SMILES string of the molecule is Cc1cc(OC(C)C)ccc1NCCCN. The molecule has 3 heteroatoms. The molecule has 0 amide bonds. The lowest BCUT2D eigenvalue weighted by Crippen LogP contribution is -2.09. The minimum Gasteiger partial charge on any atom is -0.491 e. The third kappa shape index (κ3) is 4.11. The summed E-state index contributed by atoms with van der Waals surface area (Å²) >= 11 is 0. The average molecular weight is 222 g/mol. The minimum atomic E-state index is 0.218. The van der Waals surface area contributed by atoms with E-state index in [-0.39, 0.29) is 6.10 Å². The second-order valence-electron chi connectivity index (χ2n) is 4.21. The predicted octanol–water partition coefficient (Wildman–Crippen LogP) is 2.54. The van der Waals surface area contributed by atoms with Gasteiger partial charge in [-0.1, -0.05) is 0 Å². The Morgan fingerprint density at radius 2 is 2.12 bits per heavy atom. The molecule has 0 aliphatic carbocycles. The summed E-state index contributed by atoms with van der Waals surface area (Å²) in [6.07, 6.45) is 1.21. The number of benzene rings is 1. The van der Waals surface area contributed by atoms with Crippen molar-refractivity contribution in [1.82, 2.24) is 0 Å². The summed E-state index contributed by atoms with van der Waals surface area (Å²) < 4.78 is 5.63. The van der Waals surface area contributed by atoms with Gasteiger partial charge in [0.1, 0.15) is 5.75 Å². The van der Waals surface area contributed by atoms with E-state index in [2.05, 4.69) is 24.4 Å². The summed E-state index contributed by atoms with van der Waals surface area (Å²) in [7, 11) is 0. The molecule has 3 nitrogen and oxygen atoms in total. The second-order valence-corrected chi connectivity index (χ2v) is 4.21. The number of hydrogen-bond donors (Lipinski definition) is 2. The van der Waals surface area contributed by atoms with E-state index in [1.165, 1.54) is 5.56 Å². The molecule has 1 rings (SSSR count). The Hall–Kier alpha value is -1.22. The fourth-order valence-electron chi connectivity index (χ4n) is 1.51. The van der Waals surface area contributed by atoms with Gasteiger partial charge in [0.2, 0.25) is 0 Å². The van der Waals surface area contributed by atoms with Crippen LogP contribution in [0.25, 0.3) is 0 Å². The van der Waals surface area contributed by atoms with Crippen LogP contribution in [0.15, 0.2) is 18.2 Å². The molecule has 0 bridgehead atoms. The number of ether oxygens (including phenoxy) is 1. The van der Waals surface area contributed by atoms with Gasteiger partial charge in [-0.3, -0.25) is 0 Å². The van der Waals surface area contributed by atoms with Crippen molar-refractivity contribution < 1.29 is 4.74 Å². The lowest BCUT2D eigenvalue weighted by molar-refractivity contribution is 0.242. The molecule has 0 spiro atoms. The number of nitrogens with one attached hydrogen (secondary N) is 1. The van der Waals surface area contributed by atoms with Crippen LogP contribution in [0.3, 0.4) is 0 Å². The number of rotatable bonds is 6. The Balaban J connectivity index is 2.60. The molecule has 0 saturated carbocycles. The summed E-state index contributed by atoms with van der Waals surface area (Å²) in [5.41, 5.74) is 7.81. The smallest absolute Gasteiger partial charge is 0.120 e. The molecule has 3 N–H and O–H groups in total. The molecular weight excluding hydrogens is 200 g/mol. The molecule has 90 valence electrons. The molecule has 1 aromatic carbocycles. The van der Waals surface area contributed by atoms with Gasteiger partial charge >= 0.3 is 0 Å². The highest BCUT2D eigenvalue weighted by Crippen LogP contribution is 2.22. The van der Waals surface area contributed by atoms with Crippen LogP contribution < -0.4 is 15.8 Å². The standard InChI is InChI=1S/C13H22N2O/c1-10(2)16-12-5-6-13(11(3)9-12)15-8-4-7-14/h5-6,9-10,15H,4,7-8,14H2,1-3H3. The third-order valence-electron chi connectivity index (χ3n) is 2.27. The van der Waals surface area contributed by atoms with Crippen molar-refractivity contribution in [3.05, 3.63) is 23.8 Å². The Kier molecular flexibility index (Phi) is 5.12. The van der Waals surface area contributed by atoms with Crippen LogP contribution in [-0.4, -0.2) is 19.2 Å². The number of nitrogens with two attached hydrogens (primary N) is 1. The van der Waals surface area contributed by atoms with Crippen molar-refractivity contribution in [2.45, 2.75) is 33.3 Å². The molecule has 0 atom stereocenters. The van der Waals surface area contributed by atoms with Crippen LogP contribution in [0, 0.1) is 6.92 Å². The maximum Gasteiger partial charge on any atom is 0.120 e. The molecule has 0 heterocycles. The highest BCUT2D eigenvalue weighted by Gasteiger charge is 2.01. The highest BCUT2D eigenvalue weighted by atomic mass is 16.5. The molecule has 0 saturated heterocycles. The average Bonchev–Trinajstić information content (AvgIpc) is 2.20. The Morgan fingerprint density at radius 3 is 2.69 bits per heavy atom. The fraction of sp³-hybridized carbons (Fsp3) is 0.538. The number of aryl methyl sites for hydroxylation is 1. The van der Waals surface area contributed by atoms with E-state index in [0.717, 1.165) is 30.9 Å². The first-order chi connectivity index (χ1) is 7.63. The molecule has 0 unspecified atom stereocenters. The molecule has 0 radical (unpaired) electrons. The van der Waals surface area contributed by atoms with Crippen LogP contribution >= 0.6 is 0 Å². The van der Waals surface area contributed by atoms with Crippen molar-refractivity contribution >= 4 is 5.69 Å². The van der Waals surface area contributed by atoms with E-state index in [1.54, 1.807) is 0 Å². The largest absolute Gasteiger partial charge is 0.491 e. The summed E-state index contributed by atoms with van der Waals surface area (Å²) in [6, 6.07) is 6.12. The summed E-state index contributed by atoms with van der Waals surface area (Å²) in [6.45, 7) is 7.78. The first-order valence-electron chi connectivity index (χ1n) is 5.84. The van der Waals surface area contributed by atoms with E-state index in [1.807, 2.05) is 19.9 Å². The van der Waals surface area contributed by atoms with E-state index >= 15 is 0 Å². The fourth-order valence-corrected chi connectivity index (χ4v) is 1.51. The van der Waals surface area contributed by atoms with E-state index in [0.29, 0.717) is 0 Å². The Morgan fingerprint density at radius 1 is 1.38 bits per heavy atom. The van der Waals surface area contributed by atoms with Gasteiger partial charge in [0.05, 0.1) is 6.10 Å². The normalized spacial score (nSPS) is 10.6. The van der Waals surface area contributed by atoms with Gasteiger partial charge in [-0.15, -0.1) is 0 Å². The van der Waals surface area contributed by atoms with Gasteiger partial charge in [0.15, 0.2) is 0 Å². The van der Waals surface area contributed by atoms with Gasteiger partial charge < -0.3 is 15.8 Å². The van der Waals surface area contributed by atoms with Crippen LogP contribution in [-0.2, 0) is 0 Å². The van der Waals surface area contributed by atoms with E-state index in [9.17, 15) is 0 Å². The zero-order chi connectivity index (χ0) is 12.0. The van der Waals surface area contributed by atoms with Crippen LogP contribution in [0.1, 0.15) is 25.8 Å². The molecule has 0 aliphatic rings. The van der Waals surface area contributed by atoms with Gasteiger partial charge in [-0.25, -0.2) is 0 Å². The topological polar surface area (TPSA) is 47.3 Å². The van der Waals surface area contributed by atoms with Crippen molar-refractivity contribution in [2.75, 3.05) is 18.4 Å². The van der Waals surface area contributed by atoms with E-state index < -0.39 is 0 Å². The molecule has 0 aromatic heterocycles. The van der Waals surface area contributed by atoms with Crippen LogP contribution in [0.4, 0.5) is 5.69 Å². The zero-order valence-corrected chi connectivity index (χ0v) is 10.4. The predicted molar refractivity (Wildman–Crippen MR) is 69.1 cm³/mol. The number of anilines is 1. The molecule has 1 aromatic rings. The van der Waals surface area contributed by atoms with Gasteiger partial charge in [-0.05, 0) is 57.5 Å². The number of hydrogen-bond acceptors (Lipinski definition) is 3. The van der Waals surface area contributed by atoms with Crippen molar-refractivity contribution in [3.8, 4) is 5.75 Å². The van der Waals surface area contributed by atoms with Gasteiger partial charge in [0, 0.05) is 12.2 Å². The first-order valence-corrected chi connectivity index (χ1v) is 5.84. The quantitative estimate of drug-likeness (QED) is 0.727. The summed E-state index contributed by atoms with van der Waals surface area (Å²) in [4.78, 5) is 0. The summed E-state index contributed by atoms with van der Waals surface area (Å²) in [5, 5.41) is 3.36. The van der Waals surface area contributed by atoms with Crippen molar-refractivity contribution in [3.63, 3.8) is 0 Å². The first kappa shape index (κ1) is 12.8.